The summed E-state index contributed by atoms with van der Waals surface area (Å²) in [4.78, 5) is 21.1. The van der Waals surface area contributed by atoms with Gasteiger partial charge in [-0.15, -0.1) is 0 Å². The Morgan fingerprint density at radius 1 is 1.19 bits per heavy atom. The van der Waals surface area contributed by atoms with Crippen molar-refractivity contribution < 1.29 is 4.79 Å². The van der Waals surface area contributed by atoms with Crippen molar-refractivity contribution in [1.29, 1.82) is 0 Å². The Kier molecular flexibility index (Phi) is 6.40. The van der Waals surface area contributed by atoms with E-state index in [1.54, 1.807) is 7.05 Å². The quantitative estimate of drug-likeness (QED) is 0.829. The molecule has 5 nitrogen and oxygen atoms in total. The molecule has 1 aromatic rings. The zero-order valence-corrected chi connectivity index (χ0v) is 17.5. The summed E-state index contributed by atoms with van der Waals surface area (Å²) in [5.74, 6) is 0.755. The van der Waals surface area contributed by atoms with E-state index >= 15 is 0 Å². The van der Waals surface area contributed by atoms with Gasteiger partial charge in [-0.25, -0.2) is 4.98 Å². The first-order valence-electron chi connectivity index (χ1n) is 10.7. The maximum atomic E-state index is 11.6. The van der Waals surface area contributed by atoms with Crippen molar-refractivity contribution in [3.63, 3.8) is 0 Å². The third-order valence-electron chi connectivity index (χ3n) is 7.41. The molecule has 1 aliphatic carbocycles. The molecule has 2 unspecified atom stereocenters. The number of piperazine rings is 1. The highest BCUT2D eigenvalue weighted by molar-refractivity contribution is 5.92. The summed E-state index contributed by atoms with van der Waals surface area (Å²) in [5.41, 5.74) is 2.12. The van der Waals surface area contributed by atoms with Gasteiger partial charge in [-0.05, 0) is 42.7 Å². The van der Waals surface area contributed by atoms with E-state index in [1.165, 1.54) is 32.1 Å². The fourth-order valence-electron chi connectivity index (χ4n) is 4.93. The largest absolute Gasteiger partial charge is 0.368 e. The highest BCUT2D eigenvalue weighted by Crippen LogP contribution is 2.45. The molecule has 1 aromatic heterocycles. The van der Waals surface area contributed by atoms with Gasteiger partial charge >= 0.3 is 0 Å². The maximum Gasteiger partial charge on any atom is 0.269 e. The highest BCUT2D eigenvalue weighted by atomic mass is 16.1. The van der Waals surface area contributed by atoms with Gasteiger partial charge in [0.25, 0.3) is 5.91 Å². The molecule has 5 heteroatoms. The Labute approximate surface area is 164 Å². The number of rotatable bonds is 6. The van der Waals surface area contributed by atoms with Crippen LogP contribution in [-0.4, -0.2) is 55.1 Å². The molecule has 27 heavy (non-hydrogen) atoms. The molecule has 2 atom stereocenters. The third-order valence-corrected chi connectivity index (χ3v) is 7.41. The standard InChI is InChI=1S/C22H36N4O/c1-5-22(3,6-2)17-7-8-18(15-17)25-11-13-26(14-12-25)19-9-10-20(24-16-19)21(27)23-4/h9-10,16-18H,5-8,11-15H2,1-4H3,(H,23,27). The number of hydrogen-bond donors (Lipinski definition) is 1. The van der Waals surface area contributed by atoms with Gasteiger partial charge in [0, 0.05) is 39.3 Å². The fourth-order valence-corrected chi connectivity index (χ4v) is 4.93. The van der Waals surface area contributed by atoms with Crippen LogP contribution in [0.25, 0.3) is 0 Å². The lowest BCUT2D eigenvalue weighted by molar-refractivity contribution is 0.0958. The number of pyridine rings is 1. The van der Waals surface area contributed by atoms with Crippen molar-refractivity contribution in [2.45, 2.75) is 58.9 Å². The van der Waals surface area contributed by atoms with Gasteiger partial charge in [-0.2, -0.15) is 0 Å². The van der Waals surface area contributed by atoms with Crippen LogP contribution in [0.1, 0.15) is 63.4 Å². The number of nitrogens with zero attached hydrogens (tertiary/aromatic N) is 3. The number of aromatic nitrogens is 1. The molecule has 3 rings (SSSR count). The maximum absolute atomic E-state index is 11.6. The third kappa shape index (κ3) is 4.29. The molecular formula is C22H36N4O. The van der Waals surface area contributed by atoms with Crippen molar-refractivity contribution in [3.05, 3.63) is 24.0 Å². The fraction of sp³-hybridized carbons (Fsp3) is 0.727. The van der Waals surface area contributed by atoms with E-state index in [0.717, 1.165) is 43.8 Å². The first kappa shape index (κ1) is 20.1. The first-order valence-corrected chi connectivity index (χ1v) is 10.7. The second-order valence-corrected chi connectivity index (χ2v) is 8.53. The Morgan fingerprint density at radius 3 is 2.44 bits per heavy atom. The topological polar surface area (TPSA) is 48.5 Å². The van der Waals surface area contributed by atoms with Crippen LogP contribution in [0.4, 0.5) is 5.69 Å². The molecule has 1 N–H and O–H groups in total. The summed E-state index contributed by atoms with van der Waals surface area (Å²) >= 11 is 0. The normalized spacial score (nSPS) is 24.2. The van der Waals surface area contributed by atoms with Crippen molar-refractivity contribution in [3.8, 4) is 0 Å². The summed E-state index contributed by atoms with van der Waals surface area (Å²) < 4.78 is 0. The number of carbonyl (C=O) groups excluding carboxylic acids is 1. The van der Waals surface area contributed by atoms with Crippen LogP contribution in [-0.2, 0) is 0 Å². The van der Waals surface area contributed by atoms with Crippen molar-refractivity contribution in [1.82, 2.24) is 15.2 Å². The second-order valence-electron chi connectivity index (χ2n) is 8.53. The predicted octanol–water partition coefficient (Wildman–Crippen LogP) is 3.56. The van der Waals surface area contributed by atoms with Gasteiger partial charge in [0.1, 0.15) is 5.69 Å². The van der Waals surface area contributed by atoms with E-state index in [4.69, 9.17) is 0 Å². The number of anilines is 1. The van der Waals surface area contributed by atoms with Crippen LogP contribution in [0, 0.1) is 11.3 Å². The molecule has 0 bridgehead atoms. The van der Waals surface area contributed by atoms with Crippen molar-refractivity contribution >= 4 is 11.6 Å². The second kappa shape index (κ2) is 8.59. The molecule has 0 aromatic carbocycles. The smallest absolute Gasteiger partial charge is 0.269 e. The SMILES string of the molecule is CCC(C)(CC)C1CCC(N2CCN(c3ccc(C(=O)NC)nc3)CC2)C1. The molecule has 2 aliphatic rings. The number of carbonyl (C=O) groups is 1. The Balaban J connectivity index is 1.53. The zero-order chi connectivity index (χ0) is 19.4. The number of nitrogens with one attached hydrogen (secondary N) is 1. The molecule has 1 amide bonds. The molecule has 1 saturated heterocycles. The minimum atomic E-state index is -0.131. The van der Waals surface area contributed by atoms with Gasteiger partial charge in [-0.3, -0.25) is 9.69 Å². The van der Waals surface area contributed by atoms with Crippen LogP contribution in [0.5, 0.6) is 0 Å². The van der Waals surface area contributed by atoms with Crippen LogP contribution in [0.2, 0.25) is 0 Å². The summed E-state index contributed by atoms with van der Waals surface area (Å²) in [6.07, 6.45) is 8.57. The molecule has 2 fully saturated rings. The molecule has 1 saturated carbocycles. The van der Waals surface area contributed by atoms with Crippen molar-refractivity contribution in [2.24, 2.45) is 11.3 Å². The summed E-state index contributed by atoms with van der Waals surface area (Å²) in [7, 11) is 1.63. The monoisotopic (exact) mass is 372 g/mol. The van der Waals surface area contributed by atoms with Crippen LogP contribution >= 0.6 is 0 Å². The minimum absolute atomic E-state index is 0.131. The van der Waals surface area contributed by atoms with Crippen LogP contribution in [0.15, 0.2) is 18.3 Å². The minimum Gasteiger partial charge on any atom is -0.368 e. The van der Waals surface area contributed by atoms with E-state index < -0.39 is 0 Å². The molecule has 0 radical (unpaired) electrons. The first-order chi connectivity index (χ1) is 13.0. The van der Waals surface area contributed by atoms with Gasteiger partial charge in [0.05, 0.1) is 11.9 Å². The zero-order valence-electron chi connectivity index (χ0n) is 17.5. The highest BCUT2D eigenvalue weighted by Gasteiger charge is 2.39. The lowest BCUT2D eigenvalue weighted by Crippen LogP contribution is -2.50. The summed E-state index contributed by atoms with van der Waals surface area (Å²) in [5, 5.41) is 2.62. The van der Waals surface area contributed by atoms with Gasteiger partial charge in [0.2, 0.25) is 0 Å². The number of amides is 1. The van der Waals surface area contributed by atoms with Gasteiger partial charge in [0.15, 0.2) is 0 Å². The van der Waals surface area contributed by atoms with Gasteiger partial charge < -0.3 is 10.2 Å². The Bertz CT molecular complexity index is 618. The van der Waals surface area contributed by atoms with E-state index in [1.807, 2.05) is 18.3 Å². The van der Waals surface area contributed by atoms with E-state index in [0.29, 0.717) is 11.1 Å². The molecule has 1 aliphatic heterocycles. The molecular weight excluding hydrogens is 336 g/mol. The van der Waals surface area contributed by atoms with Crippen molar-refractivity contribution in [2.75, 3.05) is 38.1 Å². The lowest BCUT2D eigenvalue weighted by atomic mass is 9.72. The van der Waals surface area contributed by atoms with E-state index in [9.17, 15) is 4.79 Å². The van der Waals surface area contributed by atoms with E-state index in [2.05, 4.69) is 40.9 Å². The number of hydrogen-bond acceptors (Lipinski definition) is 4. The average molecular weight is 373 g/mol. The predicted molar refractivity (Wildman–Crippen MR) is 111 cm³/mol. The summed E-state index contributed by atoms with van der Waals surface area (Å²) in [6.45, 7) is 11.6. The molecule has 0 spiro atoms. The Hall–Kier alpha value is -1.62. The summed E-state index contributed by atoms with van der Waals surface area (Å²) in [6, 6.07) is 4.61. The van der Waals surface area contributed by atoms with Crippen LogP contribution < -0.4 is 10.2 Å². The van der Waals surface area contributed by atoms with Crippen LogP contribution in [0.3, 0.4) is 0 Å². The average Bonchev–Trinajstić information content (AvgIpc) is 3.24. The lowest BCUT2D eigenvalue weighted by Gasteiger charge is -2.40. The Morgan fingerprint density at radius 2 is 1.89 bits per heavy atom. The van der Waals surface area contributed by atoms with E-state index in [-0.39, 0.29) is 5.91 Å². The molecule has 150 valence electrons. The molecule has 2 heterocycles. The van der Waals surface area contributed by atoms with Gasteiger partial charge in [-0.1, -0.05) is 33.6 Å².